The number of esters is 3. The zero-order valence-electron chi connectivity index (χ0n) is 60.6. The normalized spacial score (nSPS) is 27.8. The lowest BCUT2D eigenvalue weighted by Crippen LogP contribution is -2.67. The number of carbonyl (C=O) groups excluding carboxylic acids is 13. The van der Waals surface area contributed by atoms with Gasteiger partial charge >= 0.3 is 24.0 Å². The lowest BCUT2D eigenvalue weighted by molar-refractivity contribution is -0.243. The molecule has 0 spiro atoms. The number of nitrogens with zero attached hydrogens (tertiary/aromatic N) is 2. The van der Waals surface area contributed by atoms with E-state index >= 15 is 9.00 Å². The number of hydrogen-bond donors (Lipinski definition) is 10. The third-order valence-electron chi connectivity index (χ3n) is 20.4. The van der Waals surface area contributed by atoms with Gasteiger partial charge in [-0.15, -0.1) is 0 Å². The zero-order chi connectivity index (χ0) is 77.6. The van der Waals surface area contributed by atoms with E-state index in [1.165, 1.54) is 56.1 Å². The maximum absolute atomic E-state index is 15.6. The number of aliphatic hydroxyl groups excluding tert-OH is 3. The lowest BCUT2D eigenvalue weighted by atomic mass is 9.79. The van der Waals surface area contributed by atoms with Crippen molar-refractivity contribution in [1.82, 2.24) is 41.4 Å². The fourth-order valence-electron chi connectivity index (χ4n) is 14.1. The van der Waals surface area contributed by atoms with Gasteiger partial charge in [-0.2, -0.15) is 0 Å². The standard InChI is InChI=1S/C72H97N9O24S/c1-10-22-100-67(94)48-23-41(16-19-55(48)103-69-38(5)37(4)60(102-40(7)83)61(104-69)68(95)99-9)34-101-71(97)80(8)21-15-13-12-14-20-72-62(36(3)11-2)78-58(90)30-74-63(91)42-24-47-46-18-17-45(105-72)29-49(46)77-65(47)106(98)35-50(76-57(89)31-75-70(72)96)52(85)26-43(27-56(73)88)66(93)81-32-44(84)28-51(81)64(92)79-59(53(86)25-42)39(6)54(87)33-82/h10,16-19,23,29,36-39,42-44,50-51,54,59-62,69,77,82,84,87H,1,11-15,20-22,24-28,30-35H2,2-9H3,(H2,73,88)(H,74,91)(H,75,96)(H,76,89)(H,78,90)(H,79,92)/t36-,37+,38+,39-,42+,43-,44+,50-,51-,54-,59-,60-,61-,62-,69?,72?,106?/m0/s1. The number of nitrogens with one attached hydrogen (secondary N) is 6. The van der Waals surface area contributed by atoms with Crippen molar-refractivity contribution in [1.29, 1.82) is 0 Å². The molecule has 11 N–H and O–H groups in total. The Labute approximate surface area is 614 Å². The number of rotatable bonds is 23. The fraction of sp³-hybridized carbons (Fsp3) is 0.597. The minimum Gasteiger partial charge on any atom is -0.475 e. The molecule has 2 saturated heterocycles. The van der Waals surface area contributed by atoms with E-state index < -0.39 is 248 Å². The number of unbranched alkanes of at least 4 members (excludes halogenated alkanes) is 3. The van der Waals surface area contributed by atoms with E-state index in [1.807, 2.05) is 0 Å². The van der Waals surface area contributed by atoms with Crippen LogP contribution in [0.1, 0.15) is 127 Å². The van der Waals surface area contributed by atoms with E-state index in [4.69, 9.17) is 38.9 Å². The number of aromatic amines is 1. The van der Waals surface area contributed by atoms with Gasteiger partial charge in [-0.05, 0) is 67.0 Å². The van der Waals surface area contributed by atoms with Crippen LogP contribution in [0, 0.1) is 35.5 Å². The Bertz CT molecular complexity index is 3850. The van der Waals surface area contributed by atoms with E-state index in [0.29, 0.717) is 36.6 Å². The molecule has 3 aromatic rings. The molecule has 6 aliphatic rings. The molecule has 106 heavy (non-hydrogen) atoms. The monoisotopic (exact) mass is 1500 g/mol. The molecule has 3 unspecified atom stereocenters. The molecular weight excluding hydrogens is 1410 g/mol. The number of Topliss-reactive ketones (excluding diaryl/α,β-unsaturated/α-hetero) is 2. The number of benzene rings is 2. The summed E-state index contributed by atoms with van der Waals surface area (Å²) in [4.78, 5) is 189. The van der Waals surface area contributed by atoms with Crippen LogP contribution in [0.2, 0.25) is 0 Å². The van der Waals surface area contributed by atoms with Crippen LogP contribution in [-0.2, 0) is 100 Å². The van der Waals surface area contributed by atoms with E-state index in [9.17, 15) is 72.9 Å². The third kappa shape index (κ3) is 19.8. The van der Waals surface area contributed by atoms with E-state index in [2.05, 4.69) is 38.1 Å². The highest BCUT2D eigenvalue weighted by Gasteiger charge is 2.53. The number of fused-ring (bicyclic) bond motifs is 9. The Hall–Kier alpha value is -9.38. The van der Waals surface area contributed by atoms with Crippen LogP contribution in [0.4, 0.5) is 4.79 Å². The Morgan fingerprint density at radius 1 is 0.896 bits per heavy atom. The number of carbonyl (C=O) groups is 13. The average Bonchev–Trinajstić information content (AvgIpc) is 1.64. The van der Waals surface area contributed by atoms with Crippen molar-refractivity contribution < 1.29 is 115 Å². The summed E-state index contributed by atoms with van der Waals surface area (Å²) in [5.41, 5.74) is 4.19. The molecule has 33 nitrogen and oxygen atoms in total. The van der Waals surface area contributed by atoms with Crippen LogP contribution in [0.3, 0.4) is 0 Å². The molecule has 9 rings (SSSR count). The van der Waals surface area contributed by atoms with Crippen molar-refractivity contribution in [2.45, 2.75) is 184 Å². The molecule has 7 heterocycles. The van der Waals surface area contributed by atoms with Crippen molar-refractivity contribution in [3.63, 3.8) is 0 Å². The van der Waals surface area contributed by atoms with Crippen molar-refractivity contribution in [3.05, 3.63) is 65.7 Å². The van der Waals surface area contributed by atoms with Crippen molar-refractivity contribution in [2.75, 3.05) is 59.3 Å². The zero-order valence-corrected chi connectivity index (χ0v) is 61.5. The Morgan fingerprint density at radius 3 is 2.30 bits per heavy atom. The molecule has 8 amide bonds. The first-order valence-electron chi connectivity index (χ1n) is 35.5. The minimum absolute atomic E-state index is 0.00190. The third-order valence-corrected chi connectivity index (χ3v) is 21.8. The number of ketones is 2. The second-order valence-electron chi connectivity index (χ2n) is 27.9. The summed E-state index contributed by atoms with van der Waals surface area (Å²) < 4.78 is 55.9. The number of nitrogens with two attached hydrogens (primary N) is 1. The number of amides is 8. The quantitative estimate of drug-likeness (QED) is 0.0271. The predicted molar refractivity (Wildman–Crippen MR) is 374 cm³/mol. The summed E-state index contributed by atoms with van der Waals surface area (Å²) in [5, 5.41) is 45.7. The van der Waals surface area contributed by atoms with Crippen LogP contribution >= 0.6 is 0 Å². The summed E-state index contributed by atoms with van der Waals surface area (Å²) >= 11 is 0. The summed E-state index contributed by atoms with van der Waals surface area (Å²) in [6, 6.07) is 2.72. The first kappa shape index (κ1) is 82.3. The molecule has 2 aromatic carbocycles. The smallest absolute Gasteiger partial charge is 0.409 e. The van der Waals surface area contributed by atoms with Crippen molar-refractivity contribution >= 4 is 98.6 Å². The van der Waals surface area contributed by atoms with Gasteiger partial charge in [0, 0.05) is 87.9 Å². The average molecular weight is 1500 g/mol. The van der Waals surface area contributed by atoms with E-state index in [-0.39, 0.29) is 65.8 Å². The van der Waals surface area contributed by atoms with E-state index in [1.54, 1.807) is 39.8 Å². The SMILES string of the molecule is C=CCOC(=O)c1cc(COC(=O)N(C)CCCCCCC23Oc4ccc5c6c([nH]c5c4)S(=O)C[C@H](NC(=O)CNC2=O)C(=O)C[C@@H](CC(N)=O)C(=O)N2C[C@H](O)C[C@H]2C(=O)N[C@@H]([C@@H](C)[C@@H](O)CO)C(=O)C[C@@H](C6)C(=O)NCC(=O)N[C@H]3[C@@H](C)CC)ccc1OC1O[C@H](C(=O)OC)[C@@H](OC(C)=O)[C@H](C)[C@H]1C. The Balaban J connectivity index is 1.07. The van der Waals surface area contributed by atoms with Gasteiger partial charge in [-0.1, -0.05) is 72.6 Å². The summed E-state index contributed by atoms with van der Waals surface area (Å²) in [7, 11) is 0.296. The van der Waals surface area contributed by atoms with Gasteiger partial charge in [0.2, 0.25) is 47.3 Å². The molecule has 6 aliphatic heterocycles. The van der Waals surface area contributed by atoms with Crippen LogP contribution in [0.25, 0.3) is 10.9 Å². The van der Waals surface area contributed by atoms with Crippen LogP contribution in [0.15, 0.2) is 54.1 Å². The van der Waals surface area contributed by atoms with Crippen molar-refractivity contribution in [3.8, 4) is 11.5 Å². The van der Waals surface area contributed by atoms with Gasteiger partial charge in [0.05, 0.1) is 85.1 Å². The second-order valence-corrected chi connectivity index (χ2v) is 29.3. The molecule has 2 fully saturated rings. The molecular formula is C72H97N9O24S. The minimum atomic E-state index is -2.38. The first-order chi connectivity index (χ1) is 50.3. The Kier molecular flexibility index (Phi) is 28.5. The molecule has 580 valence electrons. The molecule has 0 radical (unpaired) electrons. The molecule has 8 bridgehead atoms. The highest BCUT2D eigenvalue weighted by molar-refractivity contribution is 7.85. The largest absolute Gasteiger partial charge is 0.475 e. The van der Waals surface area contributed by atoms with Gasteiger partial charge in [0.25, 0.3) is 5.91 Å². The van der Waals surface area contributed by atoms with Crippen LogP contribution in [-0.4, -0.2) is 231 Å². The van der Waals surface area contributed by atoms with Gasteiger partial charge in [0.1, 0.15) is 47.4 Å². The van der Waals surface area contributed by atoms with Crippen LogP contribution < -0.4 is 41.8 Å². The number of hydrogen-bond acceptors (Lipinski definition) is 24. The molecule has 34 heteroatoms. The topological polar surface area (TPSA) is 473 Å². The molecule has 1 aromatic heterocycles. The molecule has 0 aliphatic carbocycles. The van der Waals surface area contributed by atoms with Gasteiger partial charge in [-0.3, -0.25) is 52.2 Å². The first-order valence-corrected chi connectivity index (χ1v) is 36.8. The molecule has 0 saturated carbocycles. The number of ether oxygens (including phenoxy) is 7. The highest BCUT2D eigenvalue weighted by atomic mass is 32.2. The molecule has 17 atom stereocenters. The van der Waals surface area contributed by atoms with Crippen LogP contribution in [0.5, 0.6) is 11.5 Å². The number of aliphatic hydroxyl groups is 3. The van der Waals surface area contributed by atoms with E-state index in [0.717, 1.165) is 12.0 Å². The van der Waals surface area contributed by atoms with Gasteiger partial charge in [-0.25, -0.2) is 14.4 Å². The van der Waals surface area contributed by atoms with Crippen molar-refractivity contribution in [2.24, 2.45) is 41.2 Å². The Morgan fingerprint density at radius 2 is 1.61 bits per heavy atom. The maximum Gasteiger partial charge on any atom is 0.409 e. The number of primary amides is 1. The number of H-pyrrole nitrogens is 1. The summed E-state index contributed by atoms with van der Waals surface area (Å²) in [5.74, 6) is -17.5. The fourth-order valence-corrected chi connectivity index (χ4v) is 15.5. The van der Waals surface area contributed by atoms with Gasteiger partial charge < -0.3 is 95.6 Å². The number of aromatic nitrogens is 1. The summed E-state index contributed by atoms with van der Waals surface area (Å²) in [6.07, 6.45) is -7.54. The highest BCUT2D eigenvalue weighted by Crippen LogP contribution is 2.40. The number of methoxy groups -OCH3 is 1. The lowest BCUT2D eigenvalue weighted by Gasteiger charge is -2.42. The van der Waals surface area contributed by atoms with Gasteiger partial charge in [0.15, 0.2) is 17.7 Å². The summed E-state index contributed by atoms with van der Waals surface area (Å²) in [6.45, 7) is 9.91. The second kappa shape index (κ2) is 36.8. The maximum atomic E-state index is 15.6. The predicted octanol–water partition coefficient (Wildman–Crippen LogP) is 0.729.